The van der Waals surface area contributed by atoms with E-state index < -0.39 is 12.3 Å². The molecule has 0 radical (unpaired) electrons. The van der Waals surface area contributed by atoms with Crippen molar-refractivity contribution in [1.29, 1.82) is 0 Å². The molecule has 3 unspecified atom stereocenters. The Kier molecular flexibility index (Phi) is 4.36. The Bertz CT molecular complexity index is 240. The van der Waals surface area contributed by atoms with Gasteiger partial charge in [-0.15, -0.1) is 0 Å². The predicted octanol–water partition coefficient (Wildman–Crippen LogP) is 2.24. The quantitative estimate of drug-likeness (QED) is 0.737. The smallest absolute Gasteiger partial charge is 0.118 e. The van der Waals surface area contributed by atoms with E-state index in [-0.39, 0.29) is 12.5 Å². The molecule has 1 aliphatic carbocycles. The van der Waals surface area contributed by atoms with Crippen molar-refractivity contribution in [2.24, 2.45) is 0 Å². The molecule has 100 valence electrons. The number of hydrogen-bond donors (Lipinski definition) is 0. The maximum absolute atomic E-state index is 13.8. The molecule has 17 heavy (non-hydrogen) atoms. The van der Waals surface area contributed by atoms with Crippen molar-refractivity contribution >= 4 is 0 Å². The predicted molar refractivity (Wildman–Crippen MR) is 65.7 cm³/mol. The molecule has 0 aromatic heterocycles. The van der Waals surface area contributed by atoms with Gasteiger partial charge in [-0.3, -0.25) is 9.80 Å². The lowest BCUT2D eigenvalue weighted by Gasteiger charge is -2.43. The van der Waals surface area contributed by atoms with Crippen LogP contribution in [0.1, 0.15) is 33.1 Å². The van der Waals surface area contributed by atoms with Gasteiger partial charge in [0.25, 0.3) is 0 Å². The average Bonchev–Trinajstić information content (AvgIpc) is 2.29. The minimum absolute atomic E-state index is 0.0312. The van der Waals surface area contributed by atoms with Gasteiger partial charge in [-0.25, -0.2) is 8.78 Å². The molecule has 4 heteroatoms. The first-order chi connectivity index (χ1) is 8.08. The largest absolute Gasteiger partial charge is 0.298 e. The summed E-state index contributed by atoms with van der Waals surface area (Å²) >= 11 is 0. The molecule has 0 aromatic rings. The summed E-state index contributed by atoms with van der Waals surface area (Å²) in [5, 5.41) is 0. The van der Waals surface area contributed by atoms with Crippen LogP contribution in [0.15, 0.2) is 0 Å². The summed E-state index contributed by atoms with van der Waals surface area (Å²) in [6.45, 7) is 8.28. The van der Waals surface area contributed by atoms with E-state index in [4.69, 9.17) is 0 Å². The molecule has 2 nitrogen and oxygen atoms in total. The highest BCUT2D eigenvalue weighted by molar-refractivity contribution is 4.89. The van der Waals surface area contributed by atoms with Crippen LogP contribution >= 0.6 is 0 Å². The first kappa shape index (κ1) is 13.2. The maximum Gasteiger partial charge on any atom is 0.118 e. The van der Waals surface area contributed by atoms with E-state index in [0.717, 1.165) is 26.2 Å². The van der Waals surface area contributed by atoms with Crippen molar-refractivity contribution < 1.29 is 8.78 Å². The van der Waals surface area contributed by atoms with Crippen LogP contribution in [-0.4, -0.2) is 60.4 Å². The molecule has 1 aliphatic heterocycles. The van der Waals surface area contributed by atoms with E-state index >= 15 is 0 Å². The summed E-state index contributed by atoms with van der Waals surface area (Å²) in [5.41, 5.74) is 0. The second-order valence-corrected chi connectivity index (χ2v) is 5.66. The van der Waals surface area contributed by atoms with E-state index in [1.54, 1.807) is 0 Å². The van der Waals surface area contributed by atoms with Gasteiger partial charge in [0.15, 0.2) is 0 Å². The molecule has 1 heterocycles. The first-order valence-corrected chi connectivity index (χ1v) is 6.84. The van der Waals surface area contributed by atoms with Gasteiger partial charge in [0.2, 0.25) is 0 Å². The second kappa shape index (κ2) is 5.61. The molecule has 3 atom stereocenters. The van der Waals surface area contributed by atoms with Crippen LogP contribution in [0, 0.1) is 0 Å². The molecule has 0 bridgehead atoms. The molecule has 0 amide bonds. The zero-order valence-corrected chi connectivity index (χ0v) is 10.9. The monoisotopic (exact) mass is 246 g/mol. The fraction of sp³-hybridized carbons (Fsp3) is 1.00. The zero-order valence-electron chi connectivity index (χ0n) is 10.9. The SMILES string of the molecule is CC(C)N1CCN(C2CCC(F)CC2F)CC1. The molecule has 0 spiro atoms. The summed E-state index contributed by atoms with van der Waals surface area (Å²) in [4.78, 5) is 4.65. The van der Waals surface area contributed by atoms with Gasteiger partial charge in [0.05, 0.1) is 0 Å². The molecule has 2 aliphatic rings. The molecular formula is C13H24F2N2. The van der Waals surface area contributed by atoms with Crippen LogP contribution < -0.4 is 0 Å². The van der Waals surface area contributed by atoms with E-state index in [1.165, 1.54) is 0 Å². The number of nitrogens with zero attached hydrogens (tertiary/aromatic N) is 2. The lowest BCUT2D eigenvalue weighted by Crippen LogP contribution is -2.55. The van der Waals surface area contributed by atoms with Crippen LogP contribution in [0.2, 0.25) is 0 Å². The molecule has 2 rings (SSSR count). The van der Waals surface area contributed by atoms with Gasteiger partial charge < -0.3 is 0 Å². The number of alkyl halides is 2. The highest BCUT2D eigenvalue weighted by Gasteiger charge is 2.35. The van der Waals surface area contributed by atoms with E-state index in [0.29, 0.717) is 18.9 Å². The standard InChI is InChI=1S/C13H24F2N2/c1-10(2)16-5-7-17(8-6-16)13-4-3-11(14)9-12(13)15/h10-13H,3-9H2,1-2H3. The Morgan fingerprint density at radius 1 is 1.00 bits per heavy atom. The third-order valence-electron chi connectivity index (χ3n) is 4.22. The third-order valence-corrected chi connectivity index (χ3v) is 4.22. The fourth-order valence-electron chi connectivity index (χ4n) is 3.05. The lowest BCUT2D eigenvalue weighted by atomic mass is 9.90. The molecule has 1 saturated heterocycles. The van der Waals surface area contributed by atoms with Crippen LogP contribution in [-0.2, 0) is 0 Å². The number of halogens is 2. The van der Waals surface area contributed by atoms with Gasteiger partial charge in [-0.1, -0.05) is 0 Å². The average molecular weight is 246 g/mol. The third kappa shape index (κ3) is 3.16. The van der Waals surface area contributed by atoms with E-state index in [2.05, 4.69) is 23.6 Å². The van der Waals surface area contributed by atoms with Gasteiger partial charge in [-0.2, -0.15) is 0 Å². The highest BCUT2D eigenvalue weighted by atomic mass is 19.1. The molecule has 0 N–H and O–H groups in total. The van der Waals surface area contributed by atoms with Crippen molar-refractivity contribution in [3.05, 3.63) is 0 Å². The summed E-state index contributed by atoms with van der Waals surface area (Å²) in [6, 6.07) is 0.538. The molecular weight excluding hydrogens is 222 g/mol. The summed E-state index contributed by atoms with van der Waals surface area (Å²) < 4.78 is 26.9. The summed E-state index contributed by atoms with van der Waals surface area (Å²) in [5.74, 6) is 0. The first-order valence-electron chi connectivity index (χ1n) is 6.84. The summed E-state index contributed by atoms with van der Waals surface area (Å²) in [7, 11) is 0. The minimum atomic E-state index is -0.968. The Labute approximate surface area is 103 Å². The Morgan fingerprint density at radius 3 is 2.18 bits per heavy atom. The van der Waals surface area contributed by atoms with Crippen LogP contribution in [0.5, 0.6) is 0 Å². The van der Waals surface area contributed by atoms with Crippen LogP contribution in [0.25, 0.3) is 0 Å². The molecule has 0 aromatic carbocycles. The number of hydrogen-bond acceptors (Lipinski definition) is 2. The van der Waals surface area contributed by atoms with Crippen molar-refractivity contribution in [1.82, 2.24) is 9.80 Å². The van der Waals surface area contributed by atoms with E-state index in [1.807, 2.05) is 0 Å². The van der Waals surface area contributed by atoms with Crippen molar-refractivity contribution in [3.63, 3.8) is 0 Å². The molecule has 1 saturated carbocycles. The number of piperazine rings is 1. The van der Waals surface area contributed by atoms with Crippen LogP contribution in [0.3, 0.4) is 0 Å². The highest BCUT2D eigenvalue weighted by Crippen LogP contribution is 2.28. The fourth-order valence-corrected chi connectivity index (χ4v) is 3.05. The van der Waals surface area contributed by atoms with Gasteiger partial charge >= 0.3 is 0 Å². The Morgan fingerprint density at radius 2 is 1.65 bits per heavy atom. The Hall–Kier alpha value is -0.220. The Balaban J connectivity index is 1.84. The second-order valence-electron chi connectivity index (χ2n) is 5.66. The van der Waals surface area contributed by atoms with Crippen molar-refractivity contribution in [2.75, 3.05) is 26.2 Å². The lowest BCUT2D eigenvalue weighted by molar-refractivity contribution is 0.00944. The summed E-state index contributed by atoms with van der Waals surface area (Å²) in [6.07, 6.45) is -0.559. The van der Waals surface area contributed by atoms with Crippen molar-refractivity contribution in [2.45, 2.75) is 57.5 Å². The minimum Gasteiger partial charge on any atom is -0.298 e. The van der Waals surface area contributed by atoms with Gasteiger partial charge in [0.1, 0.15) is 12.3 Å². The molecule has 2 fully saturated rings. The van der Waals surface area contributed by atoms with Gasteiger partial charge in [0, 0.05) is 44.7 Å². The number of rotatable bonds is 2. The zero-order chi connectivity index (χ0) is 12.4. The topological polar surface area (TPSA) is 6.48 Å². The van der Waals surface area contributed by atoms with Gasteiger partial charge in [-0.05, 0) is 26.7 Å². The van der Waals surface area contributed by atoms with Crippen LogP contribution in [0.4, 0.5) is 8.78 Å². The van der Waals surface area contributed by atoms with E-state index in [9.17, 15) is 8.78 Å². The normalized spacial score (nSPS) is 37.6. The maximum atomic E-state index is 13.8. The van der Waals surface area contributed by atoms with Crippen molar-refractivity contribution in [3.8, 4) is 0 Å².